The molecule has 27 heavy (non-hydrogen) atoms. The van der Waals surface area contributed by atoms with Crippen LogP contribution in [-0.4, -0.2) is 51.2 Å². The van der Waals surface area contributed by atoms with E-state index < -0.39 is 0 Å². The standard InChI is InChI=1S/C19H27N5O2S/c1-14-5-3-4-6-16(14)21-17(25)13-27-19-23-22-18(24(19)11-12-26-2)15-7-9-20-10-8-15/h7-10,14,16H,3-6,11-13H2,1-2H3,(H,21,25)/t14-,16+/m0/s1. The second-order valence-electron chi connectivity index (χ2n) is 6.91. The second-order valence-corrected chi connectivity index (χ2v) is 7.85. The van der Waals surface area contributed by atoms with E-state index in [1.165, 1.54) is 31.0 Å². The molecule has 3 rings (SSSR count). The fourth-order valence-electron chi connectivity index (χ4n) is 3.40. The molecule has 0 saturated heterocycles. The fourth-order valence-corrected chi connectivity index (χ4v) is 4.18. The number of methoxy groups -OCH3 is 1. The Hall–Kier alpha value is -1.93. The number of hydrogen-bond donors (Lipinski definition) is 1. The van der Waals surface area contributed by atoms with Crippen LogP contribution in [-0.2, 0) is 16.1 Å². The molecule has 1 fully saturated rings. The Balaban J connectivity index is 1.65. The molecule has 2 aromatic rings. The van der Waals surface area contributed by atoms with Crippen molar-refractivity contribution in [3.8, 4) is 11.4 Å². The maximum atomic E-state index is 12.4. The molecule has 0 spiro atoms. The third-order valence-corrected chi connectivity index (χ3v) is 5.93. The van der Waals surface area contributed by atoms with Crippen LogP contribution in [0, 0.1) is 5.92 Å². The Morgan fingerprint density at radius 1 is 1.30 bits per heavy atom. The van der Waals surface area contributed by atoms with Gasteiger partial charge >= 0.3 is 0 Å². The van der Waals surface area contributed by atoms with Crippen LogP contribution in [0.15, 0.2) is 29.7 Å². The highest BCUT2D eigenvalue weighted by atomic mass is 32.2. The van der Waals surface area contributed by atoms with Gasteiger partial charge in [0.2, 0.25) is 5.91 Å². The lowest BCUT2D eigenvalue weighted by Crippen LogP contribution is -2.41. The quantitative estimate of drug-likeness (QED) is 0.699. The summed E-state index contributed by atoms with van der Waals surface area (Å²) in [5.74, 6) is 1.71. The van der Waals surface area contributed by atoms with E-state index in [4.69, 9.17) is 4.74 Å². The molecule has 7 nitrogen and oxygen atoms in total. The molecule has 8 heteroatoms. The van der Waals surface area contributed by atoms with E-state index in [1.807, 2.05) is 16.7 Å². The zero-order chi connectivity index (χ0) is 19.1. The average molecular weight is 390 g/mol. The van der Waals surface area contributed by atoms with Gasteiger partial charge in [0.25, 0.3) is 0 Å². The van der Waals surface area contributed by atoms with Gasteiger partial charge in [-0.15, -0.1) is 10.2 Å². The first-order chi connectivity index (χ1) is 13.2. The van der Waals surface area contributed by atoms with Gasteiger partial charge in [0.15, 0.2) is 11.0 Å². The first-order valence-electron chi connectivity index (χ1n) is 9.43. The van der Waals surface area contributed by atoms with Gasteiger partial charge < -0.3 is 10.1 Å². The lowest BCUT2D eigenvalue weighted by Gasteiger charge is -2.29. The minimum absolute atomic E-state index is 0.0607. The summed E-state index contributed by atoms with van der Waals surface area (Å²) in [6.07, 6.45) is 8.20. The topological polar surface area (TPSA) is 81.9 Å². The molecular weight excluding hydrogens is 362 g/mol. The van der Waals surface area contributed by atoms with Crippen molar-refractivity contribution in [1.29, 1.82) is 0 Å². The van der Waals surface area contributed by atoms with Crippen LogP contribution in [0.4, 0.5) is 0 Å². The summed E-state index contributed by atoms with van der Waals surface area (Å²) in [4.78, 5) is 16.5. The Labute approximate surface area is 164 Å². The summed E-state index contributed by atoms with van der Waals surface area (Å²) in [6, 6.07) is 4.10. The zero-order valence-electron chi connectivity index (χ0n) is 15.9. The van der Waals surface area contributed by atoms with Crippen LogP contribution in [0.3, 0.4) is 0 Å². The van der Waals surface area contributed by atoms with Crippen molar-refractivity contribution >= 4 is 17.7 Å². The highest BCUT2D eigenvalue weighted by Crippen LogP contribution is 2.25. The number of nitrogens with zero attached hydrogens (tertiary/aromatic N) is 4. The number of hydrogen-bond acceptors (Lipinski definition) is 6. The van der Waals surface area contributed by atoms with E-state index in [2.05, 4.69) is 27.4 Å². The van der Waals surface area contributed by atoms with Gasteiger partial charge in [0.1, 0.15) is 0 Å². The fraction of sp³-hybridized carbons (Fsp3) is 0.579. The summed E-state index contributed by atoms with van der Waals surface area (Å²) in [5, 5.41) is 12.5. The lowest BCUT2D eigenvalue weighted by molar-refractivity contribution is -0.119. The molecule has 146 valence electrons. The van der Waals surface area contributed by atoms with Crippen molar-refractivity contribution in [3.63, 3.8) is 0 Å². The first kappa shape index (κ1) is 19.8. The van der Waals surface area contributed by atoms with Gasteiger partial charge in [-0.2, -0.15) is 0 Å². The van der Waals surface area contributed by atoms with E-state index in [-0.39, 0.29) is 5.91 Å². The predicted octanol–water partition coefficient (Wildman–Crippen LogP) is 2.77. The number of pyridine rings is 1. The number of carbonyl (C=O) groups is 1. The zero-order valence-corrected chi connectivity index (χ0v) is 16.7. The molecular formula is C19H27N5O2S. The molecule has 2 aromatic heterocycles. The van der Waals surface area contributed by atoms with Gasteiger partial charge in [-0.3, -0.25) is 14.3 Å². The Kier molecular flexibility index (Phi) is 7.23. The number of carbonyl (C=O) groups excluding carboxylic acids is 1. The predicted molar refractivity (Wildman–Crippen MR) is 105 cm³/mol. The smallest absolute Gasteiger partial charge is 0.230 e. The number of rotatable bonds is 8. The average Bonchev–Trinajstić information content (AvgIpc) is 3.10. The SMILES string of the molecule is COCCn1c(SCC(=O)N[C@@H]2CCCC[C@@H]2C)nnc1-c1ccncc1. The minimum atomic E-state index is 0.0607. The maximum Gasteiger partial charge on any atom is 0.230 e. The molecule has 1 N–H and O–H groups in total. The molecule has 1 saturated carbocycles. The highest BCUT2D eigenvalue weighted by molar-refractivity contribution is 7.99. The largest absolute Gasteiger partial charge is 0.383 e. The minimum Gasteiger partial charge on any atom is -0.383 e. The van der Waals surface area contributed by atoms with Gasteiger partial charge in [-0.25, -0.2) is 0 Å². The molecule has 1 amide bonds. The molecule has 1 aliphatic carbocycles. The van der Waals surface area contributed by atoms with Crippen LogP contribution in [0.2, 0.25) is 0 Å². The van der Waals surface area contributed by atoms with E-state index in [9.17, 15) is 4.79 Å². The van der Waals surface area contributed by atoms with E-state index in [0.717, 1.165) is 23.0 Å². The van der Waals surface area contributed by atoms with Crippen molar-refractivity contribution in [1.82, 2.24) is 25.1 Å². The summed E-state index contributed by atoms with van der Waals surface area (Å²) in [6.45, 7) is 3.40. The van der Waals surface area contributed by atoms with Gasteiger partial charge in [0, 0.05) is 31.1 Å². The van der Waals surface area contributed by atoms with Crippen LogP contribution >= 0.6 is 11.8 Å². The molecule has 0 aromatic carbocycles. The first-order valence-corrected chi connectivity index (χ1v) is 10.4. The second kappa shape index (κ2) is 9.85. The van der Waals surface area contributed by atoms with Crippen molar-refractivity contribution < 1.29 is 9.53 Å². The molecule has 1 aliphatic rings. The summed E-state index contributed by atoms with van der Waals surface area (Å²) in [5.41, 5.74) is 0.945. The maximum absolute atomic E-state index is 12.4. The number of nitrogens with one attached hydrogen (secondary N) is 1. The lowest BCUT2D eigenvalue weighted by atomic mass is 9.86. The monoisotopic (exact) mass is 389 g/mol. The third kappa shape index (κ3) is 5.29. The van der Waals surface area contributed by atoms with Gasteiger partial charge in [0.05, 0.1) is 18.9 Å². The van der Waals surface area contributed by atoms with Crippen molar-refractivity contribution in [3.05, 3.63) is 24.5 Å². The van der Waals surface area contributed by atoms with E-state index >= 15 is 0 Å². The summed E-state index contributed by atoms with van der Waals surface area (Å²) >= 11 is 1.42. The van der Waals surface area contributed by atoms with Crippen molar-refractivity contribution in [2.75, 3.05) is 19.5 Å². The molecule has 2 heterocycles. The third-order valence-electron chi connectivity index (χ3n) is 4.96. The molecule has 0 radical (unpaired) electrons. The van der Waals surface area contributed by atoms with E-state index in [0.29, 0.717) is 30.9 Å². The molecule has 0 bridgehead atoms. The van der Waals surface area contributed by atoms with Crippen LogP contribution in [0.5, 0.6) is 0 Å². The van der Waals surface area contributed by atoms with Crippen LogP contribution < -0.4 is 5.32 Å². The number of ether oxygens (including phenoxy) is 1. The normalized spacial score (nSPS) is 19.8. The van der Waals surface area contributed by atoms with Crippen LogP contribution in [0.25, 0.3) is 11.4 Å². The Morgan fingerprint density at radius 2 is 2.07 bits per heavy atom. The number of aromatic nitrogens is 4. The van der Waals surface area contributed by atoms with Gasteiger partial charge in [-0.1, -0.05) is 31.5 Å². The summed E-state index contributed by atoms with van der Waals surface area (Å²) < 4.78 is 7.22. The van der Waals surface area contributed by atoms with Gasteiger partial charge in [-0.05, 0) is 30.9 Å². The van der Waals surface area contributed by atoms with Crippen molar-refractivity contribution in [2.24, 2.45) is 5.92 Å². The summed E-state index contributed by atoms with van der Waals surface area (Å²) in [7, 11) is 1.67. The van der Waals surface area contributed by atoms with Crippen molar-refractivity contribution in [2.45, 2.75) is 50.4 Å². The molecule has 0 unspecified atom stereocenters. The molecule has 0 aliphatic heterocycles. The molecule has 2 atom stereocenters. The van der Waals surface area contributed by atoms with E-state index in [1.54, 1.807) is 19.5 Å². The van der Waals surface area contributed by atoms with Crippen LogP contribution in [0.1, 0.15) is 32.6 Å². The number of thioether (sulfide) groups is 1. The Bertz CT molecular complexity index is 737. The number of amides is 1. The highest BCUT2D eigenvalue weighted by Gasteiger charge is 2.23. The Morgan fingerprint density at radius 3 is 2.81 bits per heavy atom.